The van der Waals surface area contributed by atoms with Crippen molar-refractivity contribution in [3.63, 3.8) is 0 Å². The van der Waals surface area contributed by atoms with Crippen molar-refractivity contribution in [1.82, 2.24) is 19.9 Å². The van der Waals surface area contributed by atoms with E-state index in [0.29, 0.717) is 35.7 Å². The quantitative estimate of drug-likeness (QED) is 0.496. The number of aliphatic hydroxyl groups is 2. The predicted molar refractivity (Wildman–Crippen MR) is 104 cm³/mol. The fourth-order valence-corrected chi connectivity index (χ4v) is 4.00. The molecule has 2 bridgehead atoms. The van der Waals surface area contributed by atoms with E-state index in [1.807, 2.05) is 4.90 Å². The number of aromatic nitrogens is 3. The van der Waals surface area contributed by atoms with Crippen LogP contribution >= 0.6 is 0 Å². The molecule has 4 heterocycles. The maximum atomic E-state index is 14.1. The molecule has 5 rings (SSSR count). The van der Waals surface area contributed by atoms with Crippen molar-refractivity contribution in [3.05, 3.63) is 53.6 Å². The zero-order chi connectivity index (χ0) is 20.8. The van der Waals surface area contributed by atoms with Crippen LogP contribution in [0.5, 0.6) is 5.75 Å². The van der Waals surface area contributed by atoms with Gasteiger partial charge in [0.25, 0.3) is 5.91 Å². The number of nitrogens with one attached hydrogen (secondary N) is 1. The van der Waals surface area contributed by atoms with Gasteiger partial charge < -0.3 is 25.2 Å². The highest BCUT2D eigenvalue weighted by Gasteiger charge is 2.35. The molecule has 0 spiro atoms. The van der Waals surface area contributed by atoms with Gasteiger partial charge in [-0.25, -0.2) is 13.9 Å². The summed E-state index contributed by atoms with van der Waals surface area (Å²) in [6, 6.07) is 5.53. The van der Waals surface area contributed by atoms with E-state index in [9.17, 15) is 19.4 Å². The first-order valence-electron chi connectivity index (χ1n) is 9.67. The van der Waals surface area contributed by atoms with Crippen LogP contribution in [0, 0.1) is 5.82 Å². The average molecular weight is 413 g/mol. The van der Waals surface area contributed by atoms with Gasteiger partial charge in [-0.1, -0.05) is 0 Å². The number of fused-ring (bicyclic) bond motifs is 5. The third-order valence-electron chi connectivity index (χ3n) is 5.43. The molecule has 3 aromatic rings. The summed E-state index contributed by atoms with van der Waals surface area (Å²) in [5.41, 5.74) is 1.19. The first-order chi connectivity index (χ1) is 14.5. The Labute approximate surface area is 170 Å². The maximum Gasteiger partial charge on any atom is 0.256 e. The molecule has 2 aromatic heterocycles. The highest BCUT2D eigenvalue weighted by atomic mass is 19.1. The molecule has 3 atom stereocenters. The second kappa shape index (κ2) is 7.22. The van der Waals surface area contributed by atoms with Gasteiger partial charge in [-0.05, 0) is 30.7 Å². The zero-order valence-electron chi connectivity index (χ0n) is 15.9. The number of benzene rings is 1. The number of carbonyl (C=O) groups excluding carboxylic acids is 1. The lowest BCUT2D eigenvalue weighted by atomic mass is 10.0. The van der Waals surface area contributed by atoms with Crippen LogP contribution in [-0.2, 0) is 0 Å². The largest absolute Gasteiger partial charge is 0.490 e. The van der Waals surface area contributed by atoms with Gasteiger partial charge in [0.2, 0.25) is 0 Å². The minimum Gasteiger partial charge on any atom is -0.490 e. The fraction of sp³-hybridized carbons (Fsp3) is 0.350. The highest BCUT2D eigenvalue weighted by molar-refractivity contribution is 5.99. The molecule has 3 N–H and O–H groups in total. The Balaban J connectivity index is 1.67. The van der Waals surface area contributed by atoms with Gasteiger partial charge in [-0.15, -0.1) is 0 Å². The Morgan fingerprint density at radius 2 is 2.10 bits per heavy atom. The molecular weight excluding hydrogens is 393 g/mol. The summed E-state index contributed by atoms with van der Waals surface area (Å²) in [5.74, 6) is 0.111. The lowest BCUT2D eigenvalue weighted by Crippen LogP contribution is -2.35. The van der Waals surface area contributed by atoms with Gasteiger partial charge in [-0.3, -0.25) is 4.79 Å². The number of hydrogen-bond acceptors (Lipinski definition) is 7. The third-order valence-corrected chi connectivity index (χ3v) is 5.43. The Hall–Kier alpha value is -3.24. The Morgan fingerprint density at radius 1 is 1.23 bits per heavy atom. The molecule has 9 nitrogen and oxygen atoms in total. The van der Waals surface area contributed by atoms with Gasteiger partial charge in [0.15, 0.2) is 5.65 Å². The zero-order valence-corrected chi connectivity index (χ0v) is 15.9. The number of ether oxygens (including phenoxy) is 1. The molecular formula is C20H20FN5O4. The lowest BCUT2D eigenvalue weighted by molar-refractivity contribution is 0.0842. The first kappa shape index (κ1) is 18.8. The summed E-state index contributed by atoms with van der Waals surface area (Å²) in [4.78, 5) is 19.0. The lowest BCUT2D eigenvalue weighted by Gasteiger charge is -2.28. The van der Waals surface area contributed by atoms with Gasteiger partial charge in [0.1, 0.15) is 35.7 Å². The molecule has 30 heavy (non-hydrogen) atoms. The van der Waals surface area contributed by atoms with Crippen LogP contribution in [0.15, 0.2) is 36.7 Å². The topological polar surface area (TPSA) is 112 Å². The molecule has 0 aliphatic carbocycles. The van der Waals surface area contributed by atoms with Crippen molar-refractivity contribution in [3.8, 4) is 5.75 Å². The summed E-state index contributed by atoms with van der Waals surface area (Å²) in [6.45, 7) is 0.184. The minimum absolute atomic E-state index is 0.0271. The van der Waals surface area contributed by atoms with E-state index in [1.54, 1.807) is 12.3 Å². The maximum absolute atomic E-state index is 14.1. The number of β-amino-alcohol motifs (C(OH)–C–C–N with tert-alkyl or cyclic N) is 1. The monoisotopic (exact) mass is 413 g/mol. The molecule has 0 saturated carbocycles. The van der Waals surface area contributed by atoms with Crippen LogP contribution in [0.4, 0.5) is 10.2 Å². The summed E-state index contributed by atoms with van der Waals surface area (Å²) < 4.78 is 21.4. The van der Waals surface area contributed by atoms with Crippen LogP contribution in [0.1, 0.15) is 28.4 Å². The van der Waals surface area contributed by atoms with E-state index in [-0.39, 0.29) is 24.8 Å². The van der Waals surface area contributed by atoms with Gasteiger partial charge in [0, 0.05) is 24.8 Å². The highest BCUT2D eigenvalue weighted by Crippen LogP contribution is 2.40. The van der Waals surface area contributed by atoms with E-state index >= 15 is 0 Å². The SMILES string of the molecule is O=C1NC[C@H](O)COc2ccc(F)cc2C2C[C@H](O)CN2c2ccn3ncc1c3n2. The molecule has 2 aliphatic rings. The standard InChI is InChI=1S/C20H20FN5O4/c21-11-1-2-17-14(5-11)16-6-12(27)9-25(16)18-3-4-26-19(24-18)15(8-23-26)20(29)22-7-13(28)10-30-17/h1-5,8,12-13,16,27-28H,6-7,9-10H2,(H,22,29)/t12-,13-,16?/m0/s1. The van der Waals surface area contributed by atoms with Crippen molar-refractivity contribution < 1.29 is 24.1 Å². The number of carbonyl (C=O) groups is 1. The molecule has 10 heteroatoms. The van der Waals surface area contributed by atoms with Crippen LogP contribution in [0.2, 0.25) is 0 Å². The van der Waals surface area contributed by atoms with Crippen molar-refractivity contribution in [2.75, 3.05) is 24.6 Å². The average Bonchev–Trinajstić information content (AvgIpc) is 3.33. The van der Waals surface area contributed by atoms with E-state index < -0.39 is 23.9 Å². The number of amides is 1. The summed E-state index contributed by atoms with van der Waals surface area (Å²) in [6.07, 6.45) is 1.85. The minimum atomic E-state index is -0.967. The van der Waals surface area contributed by atoms with Crippen molar-refractivity contribution in [1.29, 1.82) is 0 Å². The molecule has 156 valence electrons. The number of halogens is 1. The third kappa shape index (κ3) is 3.23. The molecule has 0 radical (unpaired) electrons. The molecule has 1 saturated heterocycles. The van der Waals surface area contributed by atoms with Crippen molar-refractivity contribution in [2.24, 2.45) is 0 Å². The number of nitrogens with zero attached hydrogens (tertiary/aromatic N) is 4. The second-order valence-electron chi connectivity index (χ2n) is 7.53. The van der Waals surface area contributed by atoms with Crippen LogP contribution in [-0.4, -0.2) is 62.6 Å². The molecule has 1 fully saturated rings. The summed E-state index contributed by atoms with van der Waals surface area (Å²) in [7, 11) is 0. The van der Waals surface area contributed by atoms with Crippen molar-refractivity contribution >= 4 is 17.4 Å². The van der Waals surface area contributed by atoms with Crippen LogP contribution < -0.4 is 15.0 Å². The van der Waals surface area contributed by atoms with Gasteiger partial charge in [0.05, 0.1) is 18.3 Å². The first-order valence-corrected chi connectivity index (χ1v) is 9.67. The number of aliphatic hydroxyl groups excluding tert-OH is 2. The van der Waals surface area contributed by atoms with Gasteiger partial charge >= 0.3 is 0 Å². The Morgan fingerprint density at radius 3 is 2.97 bits per heavy atom. The number of hydrogen-bond donors (Lipinski definition) is 3. The van der Waals surface area contributed by atoms with E-state index in [0.717, 1.165) is 0 Å². The summed E-state index contributed by atoms with van der Waals surface area (Å²) >= 11 is 0. The van der Waals surface area contributed by atoms with Gasteiger partial charge in [-0.2, -0.15) is 5.10 Å². The van der Waals surface area contributed by atoms with E-state index in [2.05, 4.69) is 15.4 Å². The molecule has 1 unspecified atom stereocenters. The van der Waals surface area contributed by atoms with Crippen LogP contribution in [0.3, 0.4) is 0 Å². The van der Waals surface area contributed by atoms with Crippen molar-refractivity contribution in [2.45, 2.75) is 24.7 Å². The Bertz CT molecular complexity index is 1120. The normalized spacial score (nSPS) is 24.2. The molecule has 2 aliphatic heterocycles. The fourth-order valence-electron chi connectivity index (χ4n) is 4.00. The molecule has 1 amide bonds. The number of rotatable bonds is 0. The number of anilines is 1. The second-order valence-corrected chi connectivity index (χ2v) is 7.53. The van der Waals surface area contributed by atoms with Crippen LogP contribution in [0.25, 0.3) is 5.65 Å². The summed E-state index contributed by atoms with van der Waals surface area (Å²) in [5, 5.41) is 27.4. The molecule has 1 aromatic carbocycles. The van der Waals surface area contributed by atoms with E-state index in [1.165, 1.54) is 28.9 Å². The van der Waals surface area contributed by atoms with E-state index in [4.69, 9.17) is 4.74 Å². The predicted octanol–water partition coefficient (Wildman–Crippen LogP) is 0.664. The smallest absolute Gasteiger partial charge is 0.256 e. The Kier molecular flexibility index (Phi) is 4.52.